The minimum atomic E-state index is -0.738. The number of hydrogen-bond donors (Lipinski definition) is 1. The van der Waals surface area contributed by atoms with E-state index in [0.717, 1.165) is 5.56 Å². The van der Waals surface area contributed by atoms with Crippen LogP contribution in [0.4, 0.5) is 0 Å². The Morgan fingerprint density at radius 3 is 2.37 bits per heavy atom. The largest absolute Gasteiger partial charge is 0.507 e. The summed E-state index contributed by atoms with van der Waals surface area (Å²) < 4.78 is 5.41. The van der Waals surface area contributed by atoms with E-state index < -0.39 is 17.7 Å². The first-order valence-electron chi connectivity index (χ1n) is 9.47. The van der Waals surface area contributed by atoms with Gasteiger partial charge in [0.05, 0.1) is 25.3 Å². The van der Waals surface area contributed by atoms with E-state index in [1.54, 1.807) is 62.0 Å². The molecule has 0 radical (unpaired) electrons. The van der Waals surface area contributed by atoms with Crippen LogP contribution < -0.4 is 4.74 Å². The van der Waals surface area contributed by atoms with Crippen molar-refractivity contribution in [3.8, 4) is 5.75 Å². The van der Waals surface area contributed by atoms with Crippen LogP contribution in [0.5, 0.6) is 5.75 Å². The average Bonchev–Trinajstić information content (AvgIpc) is 3.05. The van der Waals surface area contributed by atoms with E-state index in [-0.39, 0.29) is 17.9 Å². The van der Waals surface area contributed by atoms with Gasteiger partial charge >= 0.3 is 0 Å². The van der Waals surface area contributed by atoms with Gasteiger partial charge in [-0.05, 0) is 23.8 Å². The number of aliphatic hydroxyl groups excluding tert-OH is 1. The van der Waals surface area contributed by atoms with Gasteiger partial charge in [-0.25, -0.2) is 0 Å². The summed E-state index contributed by atoms with van der Waals surface area (Å²) in [4.78, 5) is 31.5. The summed E-state index contributed by atoms with van der Waals surface area (Å²) >= 11 is 0. The molecule has 0 bridgehead atoms. The SMILES string of the molecule is COc1ccccc1CN1C(=O)C(=O)/C(=C(/O)c2ccccc2)C1c1ccncc1. The van der Waals surface area contributed by atoms with Gasteiger partial charge in [0.15, 0.2) is 0 Å². The topological polar surface area (TPSA) is 79.7 Å². The third kappa shape index (κ3) is 3.43. The number of amides is 1. The van der Waals surface area contributed by atoms with Crippen molar-refractivity contribution in [2.24, 2.45) is 0 Å². The maximum atomic E-state index is 13.0. The fourth-order valence-corrected chi connectivity index (χ4v) is 3.70. The highest BCUT2D eigenvalue weighted by atomic mass is 16.5. The minimum absolute atomic E-state index is 0.0623. The van der Waals surface area contributed by atoms with E-state index in [2.05, 4.69) is 4.98 Å². The average molecular weight is 400 g/mol. The van der Waals surface area contributed by atoms with Gasteiger partial charge in [-0.15, -0.1) is 0 Å². The van der Waals surface area contributed by atoms with Crippen LogP contribution in [0.2, 0.25) is 0 Å². The summed E-state index contributed by atoms with van der Waals surface area (Å²) in [6, 6.07) is 18.8. The highest BCUT2D eigenvalue weighted by molar-refractivity contribution is 6.46. The maximum absolute atomic E-state index is 13.0. The second kappa shape index (κ2) is 8.21. The smallest absolute Gasteiger partial charge is 0.295 e. The first-order valence-corrected chi connectivity index (χ1v) is 9.47. The van der Waals surface area contributed by atoms with Gasteiger partial charge in [-0.2, -0.15) is 0 Å². The molecule has 1 atom stereocenters. The molecule has 4 rings (SSSR count). The van der Waals surface area contributed by atoms with E-state index in [1.807, 2.05) is 24.3 Å². The van der Waals surface area contributed by atoms with E-state index in [4.69, 9.17) is 4.74 Å². The molecule has 150 valence electrons. The number of hydrogen-bond acceptors (Lipinski definition) is 5. The minimum Gasteiger partial charge on any atom is -0.507 e. The quantitative estimate of drug-likeness (QED) is 0.401. The molecular formula is C24H20N2O4. The first kappa shape index (κ1) is 19.4. The lowest BCUT2D eigenvalue weighted by molar-refractivity contribution is -0.140. The molecule has 1 amide bonds. The molecule has 2 heterocycles. The lowest BCUT2D eigenvalue weighted by Gasteiger charge is -2.26. The third-order valence-electron chi connectivity index (χ3n) is 5.14. The van der Waals surface area contributed by atoms with Crippen molar-refractivity contribution < 1.29 is 19.4 Å². The van der Waals surface area contributed by atoms with Crippen LogP contribution in [-0.2, 0) is 16.1 Å². The monoisotopic (exact) mass is 400 g/mol. The van der Waals surface area contributed by atoms with Crippen LogP contribution in [0.1, 0.15) is 22.7 Å². The fourth-order valence-electron chi connectivity index (χ4n) is 3.70. The molecule has 1 fully saturated rings. The number of aromatic nitrogens is 1. The molecular weight excluding hydrogens is 380 g/mol. The summed E-state index contributed by atoms with van der Waals surface area (Å²) in [5, 5.41) is 11.0. The van der Waals surface area contributed by atoms with Crippen molar-refractivity contribution >= 4 is 17.4 Å². The molecule has 0 saturated carbocycles. The molecule has 2 aromatic carbocycles. The fraction of sp³-hybridized carbons (Fsp3) is 0.125. The normalized spacial score (nSPS) is 17.9. The molecule has 6 nitrogen and oxygen atoms in total. The predicted molar refractivity (Wildman–Crippen MR) is 112 cm³/mol. The molecule has 1 saturated heterocycles. The maximum Gasteiger partial charge on any atom is 0.295 e. The molecule has 1 aliphatic heterocycles. The molecule has 0 aliphatic carbocycles. The summed E-state index contributed by atoms with van der Waals surface area (Å²) in [5.41, 5.74) is 2.00. The van der Waals surface area contributed by atoms with Crippen molar-refractivity contribution in [2.75, 3.05) is 7.11 Å². The number of nitrogens with zero attached hydrogens (tertiary/aromatic N) is 2. The Morgan fingerprint density at radius 1 is 1.00 bits per heavy atom. The molecule has 1 aromatic heterocycles. The number of benzene rings is 2. The Balaban J connectivity index is 1.86. The molecule has 1 unspecified atom stereocenters. The first-order chi connectivity index (χ1) is 14.6. The van der Waals surface area contributed by atoms with E-state index >= 15 is 0 Å². The van der Waals surface area contributed by atoms with Crippen molar-refractivity contribution in [3.05, 3.63) is 101 Å². The Hall–Kier alpha value is -3.93. The second-order valence-corrected chi connectivity index (χ2v) is 6.89. The predicted octanol–water partition coefficient (Wildman–Crippen LogP) is 3.71. The standard InChI is InChI=1S/C24H20N2O4/c1-30-19-10-6-5-9-18(19)15-26-21(16-11-13-25-14-12-16)20(23(28)24(26)29)22(27)17-7-3-2-4-8-17/h2-14,21,27H,15H2,1H3/b22-20+. The number of pyridine rings is 1. The van der Waals surface area contributed by atoms with Crippen molar-refractivity contribution in [2.45, 2.75) is 12.6 Å². The molecule has 1 N–H and O–H groups in total. The van der Waals surface area contributed by atoms with Gasteiger partial charge < -0.3 is 14.7 Å². The zero-order valence-corrected chi connectivity index (χ0v) is 16.4. The second-order valence-electron chi connectivity index (χ2n) is 6.89. The Bertz CT molecular complexity index is 1110. The summed E-state index contributed by atoms with van der Waals surface area (Å²) in [5.74, 6) is -0.956. The van der Waals surface area contributed by atoms with E-state index in [1.165, 1.54) is 4.90 Å². The number of ether oxygens (including phenoxy) is 1. The number of rotatable bonds is 5. The number of carbonyl (C=O) groups is 2. The Kier molecular flexibility index (Phi) is 5.30. The van der Waals surface area contributed by atoms with Gasteiger partial charge in [-0.3, -0.25) is 14.6 Å². The van der Waals surface area contributed by atoms with E-state index in [0.29, 0.717) is 16.9 Å². The zero-order valence-electron chi connectivity index (χ0n) is 16.4. The zero-order chi connectivity index (χ0) is 21.1. The molecule has 30 heavy (non-hydrogen) atoms. The Labute approximate surface area is 174 Å². The summed E-state index contributed by atoms with van der Waals surface area (Å²) in [6.07, 6.45) is 3.20. The van der Waals surface area contributed by atoms with Gasteiger partial charge in [-0.1, -0.05) is 48.5 Å². The number of carbonyl (C=O) groups excluding carboxylic acids is 2. The third-order valence-corrected chi connectivity index (χ3v) is 5.14. The number of methoxy groups -OCH3 is 1. The lowest BCUT2D eigenvalue weighted by atomic mass is 9.96. The number of aliphatic hydroxyl groups is 1. The van der Waals surface area contributed by atoms with Crippen LogP contribution in [0.3, 0.4) is 0 Å². The van der Waals surface area contributed by atoms with Crippen molar-refractivity contribution in [1.29, 1.82) is 0 Å². The molecule has 3 aromatic rings. The van der Waals surface area contributed by atoms with Crippen LogP contribution in [0, 0.1) is 0 Å². The molecule has 6 heteroatoms. The number of Topliss-reactive ketones (excluding diaryl/α,β-unsaturated/α-hetero) is 1. The van der Waals surface area contributed by atoms with Gasteiger partial charge in [0, 0.05) is 23.5 Å². The van der Waals surface area contributed by atoms with Crippen LogP contribution in [0.25, 0.3) is 5.76 Å². The summed E-state index contributed by atoms with van der Waals surface area (Å²) in [6.45, 7) is 0.160. The van der Waals surface area contributed by atoms with Gasteiger partial charge in [0.2, 0.25) is 0 Å². The molecule has 0 spiro atoms. The van der Waals surface area contributed by atoms with Crippen LogP contribution in [-0.4, -0.2) is 33.8 Å². The van der Waals surface area contributed by atoms with E-state index in [9.17, 15) is 14.7 Å². The molecule has 1 aliphatic rings. The van der Waals surface area contributed by atoms with Crippen molar-refractivity contribution in [3.63, 3.8) is 0 Å². The highest BCUT2D eigenvalue weighted by Gasteiger charge is 2.46. The number of ketones is 1. The number of para-hydroxylation sites is 1. The van der Waals surface area contributed by atoms with Crippen LogP contribution in [0.15, 0.2) is 84.7 Å². The lowest BCUT2D eigenvalue weighted by Crippen LogP contribution is -2.29. The Morgan fingerprint density at radius 2 is 1.67 bits per heavy atom. The highest BCUT2D eigenvalue weighted by Crippen LogP contribution is 2.40. The van der Waals surface area contributed by atoms with Crippen LogP contribution >= 0.6 is 0 Å². The van der Waals surface area contributed by atoms with Gasteiger partial charge in [0.25, 0.3) is 11.7 Å². The number of likely N-dealkylation sites (tertiary alicyclic amines) is 1. The summed E-state index contributed by atoms with van der Waals surface area (Å²) in [7, 11) is 1.56. The van der Waals surface area contributed by atoms with Crippen molar-refractivity contribution in [1.82, 2.24) is 9.88 Å². The van der Waals surface area contributed by atoms with Gasteiger partial charge in [0.1, 0.15) is 11.5 Å².